The van der Waals surface area contributed by atoms with Gasteiger partial charge in [0, 0.05) is 19.7 Å². The molecule has 0 amide bonds. The van der Waals surface area contributed by atoms with Gasteiger partial charge in [0.1, 0.15) is 0 Å². The van der Waals surface area contributed by atoms with Crippen molar-refractivity contribution in [1.29, 1.82) is 0 Å². The van der Waals surface area contributed by atoms with Gasteiger partial charge in [-0.05, 0) is 6.42 Å². The number of nitrogens with zero attached hydrogens (tertiary/aromatic N) is 3. The topological polar surface area (TPSA) is 75.4 Å². The molecule has 0 saturated carbocycles. The minimum absolute atomic E-state index is 0.0701. The SMILES string of the molecule is C=C(Cn1ncc(N(C)CCC)cc1=O)C(=O)O. The fraction of sp³-hybridized carbons (Fsp3) is 0.417. The van der Waals surface area contributed by atoms with Crippen LogP contribution in [0.25, 0.3) is 0 Å². The fourth-order valence-electron chi connectivity index (χ4n) is 1.46. The van der Waals surface area contributed by atoms with Crippen LogP contribution in [0.4, 0.5) is 5.69 Å². The number of carbonyl (C=O) groups is 1. The van der Waals surface area contributed by atoms with Crippen molar-refractivity contribution in [3.63, 3.8) is 0 Å². The Balaban J connectivity index is 2.90. The van der Waals surface area contributed by atoms with Gasteiger partial charge in [-0.15, -0.1) is 0 Å². The molecule has 1 rings (SSSR count). The molecule has 0 bridgehead atoms. The lowest BCUT2D eigenvalue weighted by atomic mass is 10.3. The van der Waals surface area contributed by atoms with Crippen LogP contribution in [0.2, 0.25) is 0 Å². The average Bonchev–Trinajstić information content (AvgIpc) is 2.31. The van der Waals surface area contributed by atoms with Gasteiger partial charge in [0.2, 0.25) is 0 Å². The van der Waals surface area contributed by atoms with Gasteiger partial charge in [-0.25, -0.2) is 9.48 Å². The molecule has 0 radical (unpaired) electrons. The van der Waals surface area contributed by atoms with Crippen LogP contribution in [0.3, 0.4) is 0 Å². The smallest absolute Gasteiger partial charge is 0.332 e. The lowest BCUT2D eigenvalue weighted by Crippen LogP contribution is -2.27. The molecule has 0 aromatic carbocycles. The second-order valence-corrected chi connectivity index (χ2v) is 4.04. The van der Waals surface area contributed by atoms with Crippen molar-refractivity contribution in [3.8, 4) is 0 Å². The molecule has 0 unspecified atom stereocenters. The van der Waals surface area contributed by atoms with Crippen molar-refractivity contribution < 1.29 is 9.90 Å². The van der Waals surface area contributed by atoms with Gasteiger partial charge in [0.25, 0.3) is 5.56 Å². The van der Waals surface area contributed by atoms with E-state index in [1.807, 2.05) is 18.9 Å². The summed E-state index contributed by atoms with van der Waals surface area (Å²) in [6.07, 6.45) is 2.52. The van der Waals surface area contributed by atoms with E-state index >= 15 is 0 Å². The highest BCUT2D eigenvalue weighted by Gasteiger charge is 2.08. The molecule has 98 valence electrons. The predicted molar refractivity (Wildman–Crippen MR) is 68.8 cm³/mol. The quantitative estimate of drug-likeness (QED) is 0.754. The summed E-state index contributed by atoms with van der Waals surface area (Å²) in [5.41, 5.74) is 0.316. The Morgan fingerprint density at radius 1 is 1.61 bits per heavy atom. The number of carboxylic acids is 1. The van der Waals surface area contributed by atoms with Gasteiger partial charge in [0.05, 0.1) is 24.0 Å². The lowest BCUT2D eigenvalue weighted by molar-refractivity contribution is -0.132. The minimum atomic E-state index is -1.13. The number of hydrogen-bond acceptors (Lipinski definition) is 4. The van der Waals surface area contributed by atoms with Crippen LogP contribution in [-0.4, -0.2) is 34.4 Å². The molecule has 1 aromatic heterocycles. The summed E-state index contributed by atoms with van der Waals surface area (Å²) in [6, 6.07) is 1.44. The van der Waals surface area contributed by atoms with Gasteiger partial charge in [-0.3, -0.25) is 4.79 Å². The summed E-state index contributed by atoms with van der Waals surface area (Å²) in [4.78, 5) is 24.3. The maximum Gasteiger partial charge on any atom is 0.332 e. The van der Waals surface area contributed by atoms with Gasteiger partial charge in [0.15, 0.2) is 0 Å². The summed E-state index contributed by atoms with van der Waals surface area (Å²) in [7, 11) is 1.88. The Morgan fingerprint density at radius 3 is 2.78 bits per heavy atom. The zero-order valence-electron chi connectivity index (χ0n) is 10.6. The summed E-state index contributed by atoms with van der Waals surface area (Å²) >= 11 is 0. The minimum Gasteiger partial charge on any atom is -0.478 e. The fourth-order valence-corrected chi connectivity index (χ4v) is 1.46. The number of carboxylic acid groups (broad SMARTS) is 1. The Bertz CT molecular complexity index is 508. The van der Waals surface area contributed by atoms with E-state index in [2.05, 4.69) is 11.7 Å². The molecule has 1 heterocycles. The molecular formula is C12H17N3O3. The van der Waals surface area contributed by atoms with Gasteiger partial charge < -0.3 is 10.0 Å². The van der Waals surface area contributed by atoms with E-state index in [4.69, 9.17) is 5.11 Å². The second-order valence-electron chi connectivity index (χ2n) is 4.04. The highest BCUT2D eigenvalue weighted by molar-refractivity contribution is 5.85. The van der Waals surface area contributed by atoms with Crippen molar-refractivity contribution in [2.45, 2.75) is 19.9 Å². The Hall–Kier alpha value is -2.11. The van der Waals surface area contributed by atoms with Gasteiger partial charge in [-0.2, -0.15) is 5.10 Å². The first-order chi connectivity index (χ1) is 8.45. The zero-order valence-corrected chi connectivity index (χ0v) is 10.6. The Morgan fingerprint density at radius 2 is 2.28 bits per heavy atom. The largest absolute Gasteiger partial charge is 0.478 e. The highest BCUT2D eigenvalue weighted by atomic mass is 16.4. The molecule has 18 heavy (non-hydrogen) atoms. The molecule has 0 spiro atoms. The first-order valence-corrected chi connectivity index (χ1v) is 5.65. The molecule has 1 N–H and O–H groups in total. The number of aliphatic carboxylic acids is 1. The van der Waals surface area contributed by atoms with E-state index in [1.54, 1.807) is 6.20 Å². The van der Waals surface area contributed by atoms with Crippen LogP contribution in [-0.2, 0) is 11.3 Å². The van der Waals surface area contributed by atoms with E-state index in [1.165, 1.54) is 6.07 Å². The number of aromatic nitrogens is 2. The average molecular weight is 251 g/mol. The molecule has 0 aliphatic heterocycles. The number of hydrogen-bond donors (Lipinski definition) is 1. The summed E-state index contributed by atoms with van der Waals surface area (Å²) < 4.78 is 1.08. The van der Waals surface area contributed by atoms with Crippen molar-refractivity contribution in [2.24, 2.45) is 0 Å². The first-order valence-electron chi connectivity index (χ1n) is 5.65. The maximum atomic E-state index is 11.7. The van der Waals surface area contributed by atoms with Crippen LogP contribution in [0.1, 0.15) is 13.3 Å². The van der Waals surface area contributed by atoms with E-state index in [-0.39, 0.29) is 17.7 Å². The zero-order chi connectivity index (χ0) is 13.7. The van der Waals surface area contributed by atoms with Crippen LogP contribution in [0.5, 0.6) is 0 Å². The molecule has 0 aliphatic rings. The van der Waals surface area contributed by atoms with E-state index in [9.17, 15) is 9.59 Å². The third-order valence-corrected chi connectivity index (χ3v) is 2.50. The molecule has 0 atom stereocenters. The van der Waals surface area contributed by atoms with E-state index in [0.29, 0.717) is 0 Å². The monoisotopic (exact) mass is 251 g/mol. The molecule has 1 aromatic rings. The van der Waals surface area contributed by atoms with E-state index < -0.39 is 5.97 Å². The lowest BCUT2D eigenvalue weighted by Gasteiger charge is -2.17. The molecule has 6 nitrogen and oxygen atoms in total. The van der Waals surface area contributed by atoms with Gasteiger partial charge >= 0.3 is 5.97 Å². The van der Waals surface area contributed by atoms with Crippen LogP contribution in [0, 0.1) is 0 Å². The van der Waals surface area contributed by atoms with Crippen molar-refractivity contribution in [3.05, 3.63) is 34.8 Å². The Labute approximate surface area is 105 Å². The van der Waals surface area contributed by atoms with E-state index in [0.717, 1.165) is 23.3 Å². The number of rotatable bonds is 6. The molecular weight excluding hydrogens is 234 g/mol. The summed E-state index contributed by atoms with van der Waals surface area (Å²) in [6.45, 7) is 6.13. The highest BCUT2D eigenvalue weighted by Crippen LogP contribution is 2.07. The maximum absolute atomic E-state index is 11.7. The number of anilines is 1. The Kier molecular flexibility index (Phi) is 4.65. The summed E-state index contributed by atoms with van der Waals surface area (Å²) in [5.74, 6) is -1.13. The summed E-state index contributed by atoms with van der Waals surface area (Å²) in [5, 5.41) is 12.6. The van der Waals surface area contributed by atoms with Crippen LogP contribution < -0.4 is 10.5 Å². The third kappa shape index (κ3) is 3.44. The first kappa shape index (κ1) is 14.0. The third-order valence-electron chi connectivity index (χ3n) is 2.50. The normalized spacial score (nSPS) is 10.1. The second kappa shape index (κ2) is 6.00. The molecule has 0 aliphatic carbocycles. The molecule has 6 heteroatoms. The van der Waals surface area contributed by atoms with Crippen molar-refractivity contribution in [2.75, 3.05) is 18.5 Å². The molecule has 0 saturated heterocycles. The predicted octanol–water partition coefficient (Wildman–Crippen LogP) is 0.730. The molecule has 0 fully saturated rings. The van der Waals surface area contributed by atoms with Crippen molar-refractivity contribution >= 4 is 11.7 Å². The standard InChI is InChI=1S/C12H17N3O3/c1-4-5-14(3)10-6-11(16)15(13-7-10)8-9(2)12(17)18/h6-7H,2,4-5,8H2,1,3H3,(H,17,18). The van der Waals surface area contributed by atoms with Crippen LogP contribution in [0.15, 0.2) is 29.2 Å². The van der Waals surface area contributed by atoms with Gasteiger partial charge in [-0.1, -0.05) is 13.5 Å². The van der Waals surface area contributed by atoms with Crippen LogP contribution >= 0.6 is 0 Å². The van der Waals surface area contributed by atoms with Crippen molar-refractivity contribution in [1.82, 2.24) is 9.78 Å².